The molecule has 0 saturated heterocycles. The second kappa shape index (κ2) is 8.97. The molecule has 3 aromatic carbocycles. The predicted molar refractivity (Wildman–Crippen MR) is 142 cm³/mol. The summed E-state index contributed by atoms with van der Waals surface area (Å²) in [4.78, 5) is 10.9. The summed E-state index contributed by atoms with van der Waals surface area (Å²) in [6.45, 7) is 4.00. The molecule has 0 fully saturated rings. The Bertz CT molecular complexity index is 1450. The van der Waals surface area contributed by atoms with Gasteiger partial charge in [-0.2, -0.15) is 0 Å². The smallest absolute Gasteiger partial charge is 0.160 e. The normalized spacial score (nSPS) is 12.5. The van der Waals surface area contributed by atoms with Gasteiger partial charge in [0.15, 0.2) is 5.82 Å². The molecule has 0 amide bonds. The first kappa shape index (κ1) is 21.0. The van der Waals surface area contributed by atoms with E-state index in [4.69, 9.17) is 9.97 Å². The molecule has 1 aliphatic carbocycles. The van der Waals surface area contributed by atoms with Crippen LogP contribution in [0.15, 0.2) is 77.5 Å². The fourth-order valence-corrected chi connectivity index (χ4v) is 5.86. The Balaban J connectivity index is 0.00000105. The SMILES string of the molecule is Brc1ccc2ccc(-c3cnc(-c4cccc5c6c(sc45)C=CCC6)nc3)cc2c1.CC. The van der Waals surface area contributed by atoms with Gasteiger partial charge in [0.1, 0.15) is 0 Å². The molecule has 0 saturated carbocycles. The molecule has 0 unspecified atom stereocenters. The van der Waals surface area contributed by atoms with Crippen molar-refractivity contribution >= 4 is 54.2 Å². The van der Waals surface area contributed by atoms with Crippen molar-refractivity contribution in [1.29, 1.82) is 0 Å². The standard InChI is InChI=1S/C26H17BrN2S.C2H6/c27-20-11-10-16-8-9-17(12-18(16)13-20)19-14-28-26(29-15-19)23-6-3-5-22-21-4-1-2-7-24(21)30-25(22)23;1-2/h2-3,5-15H,1,4H2;1-2H3. The van der Waals surface area contributed by atoms with Crippen molar-refractivity contribution in [2.75, 3.05) is 0 Å². The van der Waals surface area contributed by atoms with Crippen molar-refractivity contribution in [1.82, 2.24) is 9.97 Å². The lowest BCUT2D eigenvalue weighted by Crippen LogP contribution is -1.91. The summed E-state index contributed by atoms with van der Waals surface area (Å²) in [6, 6.07) is 19.3. The highest BCUT2D eigenvalue weighted by Crippen LogP contribution is 2.40. The number of thiophene rings is 1. The topological polar surface area (TPSA) is 25.8 Å². The summed E-state index contributed by atoms with van der Waals surface area (Å²) in [7, 11) is 0. The van der Waals surface area contributed by atoms with Gasteiger partial charge in [0.05, 0.1) is 0 Å². The molecular formula is C28H23BrN2S. The second-order valence-corrected chi connectivity index (χ2v) is 9.54. The number of allylic oxidation sites excluding steroid dienone is 1. The van der Waals surface area contributed by atoms with Crippen LogP contribution >= 0.6 is 27.3 Å². The van der Waals surface area contributed by atoms with Gasteiger partial charge in [-0.1, -0.05) is 66.2 Å². The van der Waals surface area contributed by atoms with Gasteiger partial charge in [0, 0.05) is 37.6 Å². The molecule has 0 aliphatic heterocycles. The van der Waals surface area contributed by atoms with Crippen molar-refractivity contribution < 1.29 is 0 Å². The maximum absolute atomic E-state index is 4.75. The highest BCUT2D eigenvalue weighted by molar-refractivity contribution is 9.10. The largest absolute Gasteiger partial charge is 0.236 e. The van der Waals surface area contributed by atoms with Gasteiger partial charge in [-0.15, -0.1) is 11.3 Å². The lowest BCUT2D eigenvalue weighted by atomic mass is 10.00. The molecule has 6 rings (SSSR count). The first-order valence-electron chi connectivity index (χ1n) is 11.0. The number of hydrogen-bond acceptors (Lipinski definition) is 3. The minimum Gasteiger partial charge on any atom is -0.236 e. The van der Waals surface area contributed by atoms with Gasteiger partial charge in [0.2, 0.25) is 0 Å². The quantitative estimate of drug-likeness (QED) is 0.242. The first-order chi connectivity index (χ1) is 15.8. The molecule has 0 bridgehead atoms. The monoisotopic (exact) mass is 498 g/mol. The van der Waals surface area contributed by atoms with Crippen LogP contribution in [-0.4, -0.2) is 9.97 Å². The zero-order valence-corrected chi connectivity index (χ0v) is 20.5. The summed E-state index contributed by atoms with van der Waals surface area (Å²) in [5.74, 6) is 0.787. The summed E-state index contributed by atoms with van der Waals surface area (Å²) >= 11 is 5.41. The van der Waals surface area contributed by atoms with Crippen molar-refractivity contribution in [3.05, 3.63) is 88.0 Å². The Labute approximate surface area is 200 Å². The van der Waals surface area contributed by atoms with E-state index in [9.17, 15) is 0 Å². The summed E-state index contributed by atoms with van der Waals surface area (Å²) in [6.07, 6.45) is 10.6. The second-order valence-electron chi connectivity index (χ2n) is 7.57. The maximum Gasteiger partial charge on any atom is 0.160 e. The number of halogens is 1. The van der Waals surface area contributed by atoms with Crippen LogP contribution in [0.2, 0.25) is 0 Å². The molecular weight excluding hydrogens is 476 g/mol. The van der Waals surface area contributed by atoms with Crippen LogP contribution in [0.1, 0.15) is 30.7 Å². The van der Waals surface area contributed by atoms with Crippen LogP contribution in [-0.2, 0) is 6.42 Å². The first-order valence-corrected chi connectivity index (χ1v) is 12.6. The Morgan fingerprint density at radius 1 is 0.875 bits per heavy atom. The van der Waals surface area contributed by atoms with E-state index < -0.39 is 0 Å². The molecule has 2 aromatic heterocycles. The molecule has 4 heteroatoms. The van der Waals surface area contributed by atoms with E-state index in [-0.39, 0.29) is 0 Å². The Kier molecular flexibility index (Phi) is 5.90. The molecule has 0 atom stereocenters. The Morgan fingerprint density at radius 3 is 2.53 bits per heavy atom. The van der Waals surface area contributed by atoms with Crippen LogP contribution in [0.5, 0.6) is 0 Å². The van der Waals surface area contributed by atoms with Crippen LogP contribution in [0.3, 0.4) is 0 Å². The molecule has 2 heterocycles. The Hall–Kier alpha value is -2.82. The number of nitrogens with zero attached hydrogens (tertiary/aromatic N) is 2. The van der Waals surface area contributed by atoms with E-state index in [1.54, 1.807) is 0 Å². The molecule has 1 aliphatic rings. The number of aryl methyl sites for hydroxylation is 1. The molecule has 2 nitrogen and oxygen atoms in total. The molecule has 0 spiro atoms. The van der Waals surface area contributed by atoms with Gasteiger partial charge < -0.3 is 0 Å². The summed E-state index contributed by atoms with van der Waals surface area (Å²) < 4.78 is 2.37. The summed E-state index contributed by atoms with van der Waals surface area (Å²) in [5, 5.41) is 3.78. The fourth-order valence-electron chi connectivity index (χ4n) is 4.19. The minimum atomic E-state index is 0.787. The summed E-state index contributed by atoms with van der Waals surface area (Å²) in [5.41, 5.74) is 4.75. The van der Waals surface area contributed by atoms with Crippen molar-refractivity contribution in [2.45, 2.75) is 26.7 Å². The minimum absolute atomic E-state index is 0.787. The third-order valence-electron chi connectivity index (χ3n) is 5.71. The van der Waals surface area contributed by atoms with E-state index >= 15 is 0 Å². The number of benzene rings is 3. The third-order valence-corrected chi connectivity index (χ3v) is 7.45. The highest BCUT2D eigenvalue weighted by atomic mass is 79.9. The number of aromatic nitrogens is 2. The van der Waals surface area contributed by atoms with E-state index in [1.807, 2.05) is 37.6 Å². The van der Waals surface area contributed by atoms with Crippen molar-refractivity contribution in [3.63, 3.8) is 0 Å². The van der Waals surface area contributed by atoms with Crippen LogP contribution in [0.4, 0.5) is 0 Å². The van der Waals surface area contributed by atoms with Crippen molar-refractivity contribution in [2.24, 2.45) is 0 Å². The molecule has 0 radical (unpaired) electrons. The van der Waals surface area contributed by atoms with Gasteiger partial charge in [-0.05, 0) is 70.5 Å². The molecule has 0 N–H and O–H groups in total. The third kappa shape index (κ3) is 3.78. The zero-order chi connectivity index (χ0) is 22.1. The van der Waals surface area contributed by atoms with E-state index in [1.165, 1.54) is 31.3 Å². The van der Waals surface area contributed by atoms with E-state index in [0.29, 0.717) is 0 Å². The van der Waals surface area contributed by atoms with Crippen LogP contribution < -0.4 is 0 Å². The molecule has 158 valence electrons. The van der Waals surface area contributed by atoms with Gasteiger partial charge >= 0.3 is 0 Å². The average Bonchev–Trinajstić information content (AvgIpc) is 3.24. The van der Waals surface area contributed by atoms with E-state index in [2.05, 4.69) is 82.7 Å². The molecule has 32 heavy (non-hydrogen) atoms. The van der Waals surface area contributed by atoms with Gasteiger partial charge in [-0.3, -0.25) is 0 Å². The number of rotatable bonds is 2. The Morgan fingerprint density at radius 2 is 1.69 bits per heavy atom. The maximum atomic E-state index is 4.75. The van der Waals surface area contributed by atoms with Crippen LogP contribution in [0.25, 0.3) is 49.4 Å². The molecule has 5 aromatic rings. The predicted octanol–water partition coefficient (Wildman–Crippen LogP) is 8.93. The van der Waals surface area contributed by atoms with E-state index in [0.717, 1.165) is 39.8 Å². The van der Waals surface area contributed by atoms with Gasteiger partial charge in [-0.25, -0.2) is 9.97 Å². The van der Waals surface area contributed by atoms with Crippen molar-refractivity contribution in [3.8, 4) is 22.5 Å². The fraction of sp³-hybridized carbons (Fsp3) is 0.143. The highest BCUT2D eigenvalue weighted by Gasteiger charge is 2.16. The number of hydrogen-bond donors (Lipinski definition) is 0. The lowest BCUT2D eigenvalue weighted by molar-refractivity contribution is 1.01. The average molecular weight is 499 g/mol. The number of fused-ring (bicyclic) bond motifs is 4. The lowest BCUT2D eigenvalue weighted by Gasteiger charge is -2.07. The van der Waals surface area contributed by atoms with Crippen LogP contribution in [0, 0.1) is 0 Å². The zero-order valence-electron chi connectivity index (χ0n) is 18.1. The van der Waals surface area contributed by atoms with Gasteiger partial charge in [0.25, 0.3) is 0 Å².